The third kappa shape index (κ3) is 6.73. The highest BCUT2D eigenvalue weighted by molar-refractivity contribution is 7.97. The molecule has 4 heterocycles. The average molecular weight is 600 g/mol. The number of carbonyl (C=O) groups excluding carboxylic acids is 2. The van der Waals surface area contributed by atoms with E-state index in [0.29, 0.717) is 61.7 Å². The van der Waals surface area contributed by atoms with Crippen LogP contribution in [0.25, 0.3) is 5.70 Å². The molecule has 10 nitrogen and oxygen atoms in total. The molecule has 5 N–H and O–H groups in total. The highest BCUT2D eigenvalue weighted by Crippen LogP contribution is 2.37. The maximum absolute atomic E-state index is 13.8. The molecular formula is C29H35F2N7O3S. The Morgan fingerprint density at radius 1 is 1.14 bits per heavy atom. The maximum atomic E-state index is 13.8. The summed E-state index contributed by atoms with van der Waals surface area (Å²) < 4.78 is 30.5. The lowest BCUT2D eigenvalue weighted by molar-refractivity contribution is -0.172. The van der Waals surface area contributed by atoms with E-state index in [9.17, 15) is 18.4 Å². The quantitative estimate of drug-likeness (QED) is 0.410. The summed E-state index contributed by atoms with van der Waals surface area (Å²) in [5.74, 6) is 0.346. The Labute approximate surface area is 248 Å². The normalized spacial score (nSPS) is 22.2. The number of nitrogens with two attached hydrogens (primary N) is 2. The number of alkyl halides is 2. The predicted molar refractivity (Wildman–Crippen MR) is 160 cm³/mol. The molecule has 0 unspecified atom stereocenters. The third-order valence-corrected chi connectivity index (χ3v) is 8.43. The van der Waals surface area contributed by atoms with E-state index < -0.39 is 18.1 Å². The fraction of sp³-hybridized carbons (Fsp3) is 0.379. The Kier molecular flexibility index (Phi) is 10.2. The number of anilines is 1. The van der Waals surface area contributed by atoms with Gasteiger partial charge in [0.25, 0.3) is 5.91 Å². The van der Waals surface area contributed by atoms with Crippen LogP contribution in [0.4, 0.5) is 14.6 Å². The topological polar surface area (TPSA) is 139 Å². The summed E-state index contributed by atoms with van der Waals surface area (Å²) in [6.45, 7) is 2.41. The second-order valence-corrected chi connectivity index (χ2v) is 11.5. The fourth-order valence-corrected chi connectivity index (χ4v) is 6.07. The van der Waals surface area contributed by atoms with Crippen LogP contribution in [-0.2, 0) is 9.53 Å². The molecule has 5 rings (SSSR count). The Balaban J connectivity index is 0.00000198. The predicted octanol–water partition coefficient (Wildman–Crippen LogP) is 3.70. The Morgan fingerprint density at radius 2 is 1.86 bits per heavy atom. The number of amidine groups is 1. The molecule has 2 fully saturated rings. The SMILES string of the molecule is CC1(C(=O)N2C[C@H](SN3C=CN=C(N)/C3=C(/N)c3ccc(C(=O)Nc4ccccn4)cc3)CC[C@@H]2CF)COC1.CF. The summed E-state index contributed by atoms with van der Waals surface area (Å²) in [4.78, 5) is 35.9. The molecule has 2 amide bonds. The molecule has 224 valence electrons. The van der Waals surface area contributed by atoms with Gasteiger partial charge in [-0.2, -0.15) is 0 Å². The van der Waals surface area contributed by atoms with Crippen molar-refractivity contribution in [2.45, 2.75) is 31.1 Å². The van der Waals surface area contributed by atoms with E-state index in [2.05, 4.69) is 15.3 Å². The molecule has 0 bridgehead atoms. The van der Waals surface area contributed by atoms with E-state index >= 15 is 0 Å². The van der Waals surface area contributed by atoms with Gasteiger partial charge in [0.1, 0.15) is 24.0 Å². The van der Waals surface area contributed by atoms with Crippen molar-refractivity contribution < 1.29 is 23.1 Å². The van der Waals surface area contributed by atoms with Crippen LogP contribution in [0.2, 0.25) is 0 Å². The van der Waals surface area contributed by atoms with Crippen molar-refractivity contribution in [3.63, 3.8) is 0 Å². The minimum absolute atomic E-state index is 0.00707. The van der Waals surface area contributed by atoms with Crippen LogP contribution in [0.15, 0.2) is 71.8 Å². The van der Waals surface area contributed by atoms with E-state index in [1.54, 1.807) is 66.0 Å². The Morgan fingerprint density at radius 3 is 2.48 bits per heavy atom. The van der Waals surface area contributed by atoms with Gasteiger partial charge >= 0.3 is 0 Å². The summed E-state index contributed by atoms with van der Waals surface area (Å²) in [5.41, 5.74) is 14.3. The minimum atomic E-state index is -0.599. The van der Waals surface area contributed by atoms with Crippen molar-refractivity contribution in [1.82, 2.24) is 14.2 Å². The van der Waals surface area contributed by atoms with Gasteiger partial charge in [0, 0.05) is 36.0 Å². The maximum Gasteiger partial charge on any atom is 0.256 e. The number of hydrogen-bond acceptors (Lipinski definition) is 9. The molecule has 42 heavy (non-hydrogen) atoms. The monoisotopic (exact) mass is 599 g/mol. The Bertz CT molecular complexity index is 1350. The zero-order valence-corrected chi connectivity index (χ0v) is 24.3. The Hall–Kier alpha value is -3.97. The van der Waals surface area contributed by atoms with Crippen LogP contribution in [0.1, 0.15) is 35.7 Å². The molecule has 2 saturated heterocycles. The summed E-state index contributed by atoms with van der Waals surface area (Å²) in [6.07, 6.45) is 6.25. The number of ether oxygens (including phenoxy) is 1. The van der Waals surface area contributed by atoms with Gasteiger partial charge in [-0.1, -0.05) is 18.2 Å². The van der Waals surface area contributed by atoms with Gasteiger partial charge in [0.05, 0.1) is 37.5 Å². The fourth-order valence-electron chi connectivity index (χ4n) is 4.86. The van der Waals surface area contributed by atoms with Crippen molar-refractivity contribution in [3.05, 3.63) is 77.9 Å². The number of carbonyl (C=O) groups is 2. The standard InChI is InChI=1S/C28H32FN7O3S.CH3F/c1-28(16-39-17-28)27(38)35-15-21(10-9-20(35)14-29)40-36-13-12-33-25(31)24(36)23(30)18-5-7-19(8-6-18)26(37)34-22-4-2-3-11-32-22;1-2/h2-8,11-13,20-21H,9-10,14-17,30H2,1H3,(H2,31,33)(H,32,34,37);1H3/b24-23-;/t20-,21-;/m1./s1. The second-order valence-electron chi connectivity index (χ2n) is 10.3. The molecule has 2 aromatic rings. The lowest BCUT2D eigenvalue weighted by atomic mass is 9.85. The van der Waals surface area contributed by atoms with Gasteiger partial charge in [-0.05, 0) is 61.5 Å². The van der Waals surface area contributed by atoms with E-state index in [-0.39, 0.29) is 22.9 Å². The first-order valence-corrected chi connectivity index (χ1v) is 14.2. The van der Waals surface area contributed by atoms with Gasteiger partial charge in [-0.3, -0.25) is 18.3 Å². The zero-order chi connectivity index (χ0) is 30.3. The number of hydrogen-bond donors (Lipinski definition) is 3. The molecule has 0 saturated carbocycles. The van der Waals surface area contributed by atoms with Gasteiger partial charge in [0.15, 0.2) is 0 Å². The highest BCUT2D eigenvalue weighted by Gasteiger charge is 2.47. The van der Waals surface area contributed by atoms with Crippen LogP contribution < -0.4 is 16.8 Å². The largest absolute Gasteiger partial charge is 0.396 e. The number of halogens is 2. The second kappa shape index (κ2) is 13.8. The molecule has 3 aliphatic rings. The van der Waals surface area contributed by atoms with E-state index in [1.165, 1.54) is 11.9 Å². The molecule has 0 spiro atoms. The number of nitrogens with one attached hydrogen (secondary N) is 1. The van der Waals surface area contributed by atoms with Crippen LogP contribution in [0, 0.1) is 5.41 Å². The van der Waals surface area contributed by atoms with Crippen LogP contribution >= 0.6 is 11.9 Å². The molecule has 3 aliphatic heterocycles. The molecule has 13 heteroatoms. The van der Waals surface area contributed by atoms with Crippen LogP contribution in [-0.4, -0.2) is 76.7 Å². The van der Waals surface area contributed by atoms with Crippen molar-refractivity contribution >= 4 is 41.1 Å². The first kappa shape index (κ1) is 31.0. The highest BCUT2D eigenvalue weighted by atomic mass is 32.2. The number of nitrogens with zero attached hydrogens (tertiary/aromatic N) is 4. The summed E-state index contributed by atoms with van der Waals surface area (Å²) in [6, 6.07) is 11.7. The number of benzene rings is 1. The van der Waals surface area contributed by atoms with Gasteiger partial charge in [0.2, 0.25) is 5.91 Å². The number of aromatic nitrogens is 1. The third-order valence-electron chi connectivity index (χ3n) is 7.22. The lowest BCUT2D eigenvalue weighted by Gasteiger charge is -2.46. The van der Waals surface area contributed by atoms with Crippen LogP contribution in [0.3, 0.4) is 0 Å². The van der Waals surface area contributed by atoms with Crippen molar-refractivity contribution in [3.8, 4) is 0 Å². The summed E-state index contributed by atoms with van der Waals surface area (Å²) >= 11 is 1.48. The van der Waals surface area contributed by atoms with Crippen molar-refractivity contribution in [2.24, 2.45) is 21.9 Å². The number of rotatable bonds is 7. The lowest BCUT2D eigenvalue weighted by Crippen LogP contribution is -2.59. The van der Waals surface area contributed by atoms with Crippen molar-refractivity contribution in [1.29, 1.82) is 0 Å². The first-order valence-electron chi connectivity index (χ1n) is 13.4. The zero-order valence-electron chi connectivity index (χ0n) is 23.5. The van der Waals surface area contributed by atoms with Gasteiger partial charge in [-0.15, -0.1) is 0 Å². The summed E-state index contributed by atoms with van der Waals surface area (Å²) in [7, 11) is 0.500. The average Bonchev–Trinajstić information content (AvgIpc) is 3.01. The van der Waals surface area contributed by atoms with E-state index in [1.807, 2.05) is 11.2 Å². The van der Waals surface area contributed by atoms with Crippen molar-refractivity contribution in [2.75, 3.05) is 38.9 Å². The number of likely N-dealkylation sites (tertiary alicyclic amines) is 1. The minimum Gasteiger partial charge on any atom is -0.396 e. The molecular weight excluding hydrogens is 564 g/mol. The number of aliphatic imine (C=N–C) groups is 1. The molecule has 1 aromatic heterocycles. The van der Waals surface area contributed by atoms with Gasteiger partial charge < -0.3 is 26.4 Å². The number of piperidine rings is 1. The number of amides is 2. The van der Waals surface area contributed by atoms with E-state index in [4.69, 9.17) is 16.2 Å². The molecule has 2 atom stereocenters. The molecule has 0 radical (unpaired) electrons. The van der Waals surface area contributed by atoms with E-state index in [0.717, 1.165) is 6.42 Å². The van der Waals surface area contributed by atoms with Gasteiger partial charge in [-0.25, -0.2) is 14.4 Å². The molecule has 1 aromatic carbocycles. The smallest absolute Gasteiger partial charge is 0.256 e. The number of pyridine rings is 1. The first-order chi connectivity index (χ1) is 20.3. The molecule has 0 aliphatic carbocycles. The van der Waals surface area contributed by atoms with Crippen LogP contribution in [0.5, 0.6) is 0 Å². The summed E-state index contributed by atoms with van der Waals surface area (Å²) in [5, 5.41) is 2.75.